The van der Waals surface area contributed by atoms with Crippen LogP contribution in [0.1, 0.15) is 51.9 Å². The lowest BCUT2D eigenvalue weighted by Gasteiger charge is -2.40. The van der Waals surface area contributed by atoms with Crippen LogP contribution in [0.2, 0.25) is 0 Å². The van der Waals surface area contributed by atoms with Crippen molar-refractivity contribution < 1.29 is 5.11 Å². The number of aliphatic hydroxyl groups is 1. The third kappa shape index (κ3) is 3.06. The molecule has 2 aliphatic rings. The van der Waals surface area contributed by atoms with Crippen LogP contribution in [0.4, 0.5) is 0 Å². The van der Waals surface area contributed by atoms with Crippen molar-refractivity contribution in [3.8, 4) is 0 Å². The van der Waals surface area contributed by atoms with Gasteiger partial charge in [0, 0.05) is 12.6 Å². The zero-order valence-corrected chi connectivity index (χ0v) is 12.1. The second-order valence-electron chi connectivity index (χ2n) is 6.22. The molecule has 1 saturated carbocycles. The molecule has 1 saturated heterocycles. The van der Waals surface area contributed by atoms with Gasteiger partial charge in [0.1, 0.15) is 0 Å². The Morgan fingerprint density at radius 3 is 2.56 bits per heavy atom. The minimum atomic E-state index is -0.0439. The molecule has 106 valence electrons. The summed E-state index contributed by atoms with van der Waals surface area (Å²) < 4.78 is 0. The molecule has 3 heteroatoms. The van der Waals surface area contributed by atoms with Crippen LogP contribution in [-0.4, -0.2) is 48.3 Å². The predicted octanol–water partition coefficient (Wildman–Crippen LogP) is 2.00. The number of aliphatic hydroxyl groups excluding tert-OH is 1. The summed E-state index contributed by atoms with van der Waals surface area (Å²) in [5.74, 6) is 0.688. The molecule has 0 aromatic rings. The van der Waals surface area contributed by atoms with Gasteiger partial charge in [-0.25, -0.2) is 0 Å². The number of rotatable bonds is 6. The fourth-order valence-electron chi connectivity index (χ4n) is 3.58. The van der Waals surface area contributed by atoms with Crippen LogP contribution in [0.3, 0.4) is 0 Å². The molecular formula is C15H30N2O. The van der Waals surface area contributed by atoms with Gasteiger partial charge in [-0.2, -0.15) is 0 Å². The predicted molar refractivity (Wildman–Crippen MR) is 75.7 cm³/mol. The molecule has 2 rings (SSSR count). The van der Waals surface area contributed by atoms with Gasteiger partial charge in [-0.05, 0) is 51.6 Å². The molecule has 1 heterocycles. The molecule has 0 aromatic carbocycles. The molecule has 0 amide bonds. The van der Waals surface area contributed by atoms with Gasteiger partial charge in [-0.15, -0.1) is 0 Å². The third-order valence-electron chi connectivity index (χ3n) is 5.09. The summed E-state index contributed by atoms with van der Waals surface area (Å²) >= 11 is 0. The molecule has 0 radical (unpaired) electrons. The van der Waals surface area contributed by atoms with Crippen molar-refractivity contribution in [3.63, 3.8) is 0 Å². The molecule has 0 aromatic heterocycles. The fourth-order valence-corrected chi connectivity index (χ4v) is 3.58. The summed E-state index contributed by atoms with van der Waals surface area (Å²) in [5, 5.41) is 13.3. The zero-order valence-electron chi connectivity index (χ0n) is 12.1. The van der Waals surface area contributed by atoms with Crippen molar-refractivity contribution in [3.05, 3.63) is 0 Å². The van der Waals surface area contributed by atoms with E-state index in [1.165, 1.54) is 51.5 Å². The van der Waals surface area contributed by atoms with E-state index in [0.29, 0.717) is 5.92 Å². The molecular weight excluding hydrogens is 224 g/mol. The first-order valence-corrected chi connectivity index (χ1v) is 7.79. The normalized spacial score (nSPS) is 29.8. The molecule has 0 bridgehead atoms. The van der Waals surface area contributed by atoms with Crippen LogP contribution in [0.25, 0.3) is 0 Å². The lowest BCUT2D eigenvalue weighted by molar-refractivity contribution is 0.0747. The Morgan fingerprint density at radius 2 is 2.00 bits per heavy atom. The number of likely N-dealkylation sites (tertiary alicyclic amines) is 1. The van der Waals surface area contributed by atoms with Gasteiger partial charge in [-0.3, -0.25) is 4.90 Å². The maximum Gasteiger partial charge on any atom is 0.0628 e. The van der Waals surface area contributed by atoms with Crippen molar-refractivity contribution in [1.29, 1.82) is 0 Å². The SMILES string of the molecule is CCC1CCCCCN1CC(CO)(NC)C1CC1. The second-order valence-corrected chi connectivity index (χ2v) is 6.22. The number of hydrogen-bond donors (Lipinski definition) is 2. The molecule has 18 heavy (non-hydrogen) atoms. The van der Waals surface area contributed by atoms with E-state index in [9.17, 15) is 5.11 Å². The molecule has 3 nitrogen and oxygen atoms in total. The van der Waals surface area contributed by atoms with Crippen molar-refractivity contribution in [2.45, 2.75) is 63.5 Å². The molecule has 2 N–H and O–H groups in total. The average molecular weight is 254 g/mol. The summed E-state index contributed by atoms with van der Waals surface area (Å²) in [4.78, 5) is 2.65. The highest BCUT2D eigenvalue weighted by molar-refractivity contribution is 5.02. The number of nitrogens with zero attached hydrogens (tertiary/aromatic N) is 1. The van der Waals surface area contributed by atoms with Crippen LogP contribution in [-0.2, 0) is 0 Å². The summed E-state index contributed by atoms with van der Waals surface area (Å²) in [6.07, 6.45) is 9.24. The highest BCUT2D eigenvalue weighted by Crippen LogP contribution is 2.40. The summed E-state index contributed by atoms with van der Waals surface area (Å²) in [5.41, 5.74) is -0.0439. The van der Waals surface area contributed by atoms with E-state index >= 15 is 0 Å². The van der Waals surface area contributed by atoms with E-state index in [-0.39, 0.29) is 12.1 Å². The van der Waals surface area contributed by atoms with Crippen LogP contribution >= 0.6 is 0 Å². The summed E-state index contributed by atoms with van der Waals surface area (Å²) in [6.45, 7) is 4.83. The number of nitrogens with one attached hydrogen (secondary N) is 1. The number of likely N-dealkylation sites (N-methyl/N-ethyl adjacent to an activating group) is 1. The summed E-state index contributed by atoms with van der Waals surface area (Å²) in [6, 6.07) is 0.727. The molecule has 2 unspecified atom stereocenters. The Morgan fingerprint density at radius 1 is 1.22 bits per heavy atom. The smallest absolute Gasteiger partial charge is 0.0628 e. The van der Waals surface area contributed by atoms with Crippen LogP contribution < -0.4 is 5.32 Å². The fraction of sp³-hybridized carbons (Fsp3) is 1.00. The monoisotopic (exact) mass is 254 g/mol. The van der Waals surface area contributed by atoms with Gasteiger partial charge in [-0.1, -0.05) is 19.8 Å². The molecule has 2 atom stereocenters. The van der Waals surface area contributed by atoms with E-state index in [2.05, 4.69) is 17.1 Å². The van der Waals surface area contributed by atoms with Crippen LogP contribution in [0.5, 0.6) is 0 Å². The highest BCUT2D eigenvalue weighted by atomic mass is 16.3. The van der Waals surface area contributed by atoms with E-state index in [4.69, 9.17) is 0 Å². The Balaban J connectivity index is 2.03. The van der Waals surface area contributed by atoms with Crippen LogP contribution in [0.15, 0.2) is 0 Å². The molecule has 0 spiro atoms. The van der Waals surface area contributed by atoms with Gasteiger partial charge in [0.2, 0.25) is 0 Å². The summed E-state index contributed by atoms with van der Waals surface area (Å²) in [7, 11) is 2.02. The lowest BCUT2D eigenvalue weighted by Crippen LogP contribution is -2.58. The van der Waals surface area contributed by atoms with E-state index in [1.54, 1.807) is 0 Å². The van der Waals surface area contributed by atoms with E-state index < -0.39 is 0 Å². The van der Waals surface area contributed by atoms with Gasteiger partial charge in [0.05, 0.1) is 12.1 Å². The number of hydrogen-bond acceptors (Lipinski definition) is 3. The maximum absolute atomic E-state index is 9.86. The molecule has 1 aliphatic heterocycles. The first kappa shape index (κ1) is 14.3. The third-order valence-corrected chi connectivity index (χ3v) is 5.09. The Kier molecular flexibility index (Phi) is 5.05. The minimum Gasteiger partial charge on any atom is -0.394 e. The average Bonchev–Trinajstić information content (AvgIpc) is 3.23. The van der Waals surface area contributed by atoms with E-state index in [0.717, 1.165) is 12.6 Å². The molecule has 2 fully saturated rings. The lowest BCUT2D eigenvalue weighted by atomic mass is 9.92. The van der Waals surface area contributed by atoms with Crippen LogP contribution in [0, 0.1) is 5.92 Å². The van der Waals surface area contributed by atoms with Crippen molar-refractivity contribution >= 4 is 0 Å². The van der Waals surface area contributed by atoms with Crippen molar-refractivity contribution in [2.75, 3.05) is 26.7 Å². The standard InChI is InChI=1S/C15H30N2O/c1-3-14-7-5-4-6-10-17(14)11-15(12-18,16-2)13-8-9-13/h13-14,16,18H,3-12H2,1-2H3. The first-order chi connectivity index (χ1) is 8.75. The van der Waals surface area contributed by atoms with Gasteiger partial charge < -0.3 is 10.4 Å². The first-order valence-electron chi connectivity index (χ1n) is 7.79. The van der Waals surface area contributed by atoms with Gasteiger partial charge in [0.25, 0.3) is 0 Å². The maximum atomic E-state index is 9.86. The van der Waals surface area contributed by atoms with Crippen molar-refractivity contribution in [2.24, 2.45) is 5.92 Å². The minimum absolute atomic E-state index is 0.0439. The molecule has 1 aliphatic carbocycles. The van der Waals surface area contributed by atoms with Crippen molar-refractivity contribution in [1.82, 2.24) is 10.2 Å². The Bertz CT molecular complexity index is 249. The van der Waals surface area contributed by atoms with Gasteiger partial charge in [0.15, 0.2) is 0 Å². The van der Waals surface area contributed by atoms with E-state index in [1.807, 2.05) is 7.05 Å². The largest absolute Gasteiger partial charge is 0.394 e. The quantitative estimate of drug-likeness (QED) is 0.761. The second kappa shape index (κ2) is 6.36. The zero-order chi connectivity index (χ0) is 13.0. The Labute approximate surface area is 112 Å². The van der Waals surface area contributed by atoms with Gasteiger partial charge >= 0.3 is 0 Å². The topological polar surface area (TPSA) is 35.5 Å². The highest BCUT2D eigenvalue weighted by Gasteiger charge is 2.45. The Hall–Kier alpha value is -0.120.